The Morgan fingerprint density at radius 3 is 2.90 bits per heavy atom. The van der Waals surface area contributed by atoms with Gasteiger partial charge in [0, 0.05) is 18.2 Å². The average molecular weight is 300 g/mol. The predicted molar refractivity (Wildman–Crippen MR) is 85.1 cm³/mol. The standard InChI is InChI=1S/C16H16N2O2S/c1-16(2)9-10-5-3-7-12(13(10)20-16)19-15-11(14(17)21)6-4-8-18-15/h3-8H,9H2,1-2H3,(H2,17,21). The van der Waals surface area contributed by atoms with Crippen LogP contribution in [0.5, 0.6) is 17.4 Å². The van der Waals surface area contributed by atoms with Gasteiger partial charge in [-0.15, -0.1) is 0 Å². The SMILES string of the molecule is CC1(C)Cc2cccc(Oc3ncccc3C(N)=S)c2O1. The van der Waals surface area contributed by atoms with Crippen molar-refractivity contribution >= 4 is 17.2 Å². The average Bonchev–Trinajstić information content (AvgIpc) is 2.74. The molecule has 2 heterocycles. The number of hydrogen-bond acceptors (Lipinski definition) is 4. The Morgan fingerprint density at radius 1 is 1.33 bits per heavy atom. The fraction of sp³-hybridized carbons (Fsp3) is 0.250. The molecule has 0 atom stereocenters. The maximum absolute atomic E-state index is 5.98. The summed E-state index contributed by atoms with van der Waals surface area (Å²) in [6, 6.07) is 9.42. The van der Waals surface area contributed by atoms with Gasteiger partial charge in [0.05, 0.1) is 5.56 Å². The van der Waals surface area contributed by atoms with Crippen molar-refractivity contribution < 1.29 is 9.47 Å². The lowest BCUT2D eigenvalue weighted by Crippen LogP contribution is -2.24. The molecule has 0 unspecified atom stereocenters. The van der Waals surface area contributed by atoms with Crippen LogP contribution < -0.4 is 15.2 Å². The van der Waals surface area contributed by atoms with Crippen molar-refractivity contribution in [2.24, 2.45) is 5.73 Å². The summed E-state index contributed by atoms with van der Waals surface area (Å²) in [6.07, 6.45) is 2.50. The Labute approximate surface area is 128 Å². The van der Waals surface area contributed by atoms with Gasteiger partial charge in [0.2, 0.25) is 5.88 Å². The molecule has 0 bridgehead atoms. The van der Waals surface area contributed by atoms with Crippen LogP contribution in [0.15, 0.2) is 36.5 Å². The first kappa shape index (κ1) is 13.8. The highest BCUT2D eigenvalue weighted by Gasteiger charge is 2.32. The van der Waals surface area contributed by atoms with E-state index < -0.39 is 0 Å². The number of para-hydroxylation sites is 1. The van der Waals surface area contributed by atoms with Crippen molar-refractivity contribution in [2.75, 3.05) is 0 Å². The first-order valence-corrected chi connectivity index (χ1v) is 7.11. The van der Waals surface area contributed by atoms with Crippen LogP contribution in [0.1, 0.15) is 25.0 Å². The lowest BCUT2D eigenvalue weighted by atomic mass is 10.0. The topological polar surface area (TPSA) is 57.4 Å². The zero-order valence-corrected chi connectivity index (χ0v) is 12.7. The number of ether oxygens (including phenoxy) is 2. The van der Waals surface area contributed by atoms with E-state index in [-0.39, 0.29) is 10.6 Å². The van der Waals surface area contributed by atoms with Gasteiger partial charge >= 0.3 is 0 Å². The molecule has 0 aliphatic carbocycles. The van der Waals surface area contributed by atoms with Crippen molar-refractivity contribution in [2.45, 2.75) is 25.9 Å². The zero-order chi connectivity index (χ0) is 15.0. The van der Waals surface area contributed by atoms with Crippen LogP contribution in [0.2, 0.25) is 0 Å². The van der Waals surface area contributed by atoms with E-state index in [1.165, 1.54) is 0 Å². The molecule has 21 heavy (non-hydrogen) atoms. The molecule has 0 fully saturated rings. The van der Waals surface area contributed by atoms with Gasteiger partial charge in [0.25, 0.3) is 0 Å². The number of fused-ring (bicyclic) bond motifs is 1. The Kier molecular flexibility index (Phi) is 3.29. The molecule has 5 heteroatoms. The van der Waals surface area contributed by atoms with Crippen LogP contribution in [0.4, 0.5) is 0 Å². The third kappa shape index (κ3) is 2.69. The molecule has 3 rings (SSSR count). The number of benzene rings is 1. The van der Waals surface area contributed by atoms with E-state index in [1.807, 2.05) is 18.2 Å². The highest BCUT2D eigenvalue weighted by molar-refractivity contribution is 7.80. The minimum Gasteiger partial charge on any atom is -0.483 e. The third-order valence-electron chi connectivity index (χ3n) is 3.30. The van der Waals surface area contributed by atoms with Crippen LogP contribution >= 0.6 is 12.2 Å². The molecule has 1 aromatic carbocycles. The quantitative estimate of drug-likeness (QED) is 0.882. The Bertz CT molecular complexity index is 713. The molecule has 0 saturated carbocycles. The summed E-state index contributed by atoms with van der Waals surface area (Å²) in [7, 11) is 0. The number of aromatic nitrogens is 1. The number of nitrogens with zero attached hydrogens (tertiary/aromatic N) is 1. The molecule has 4 nitrogen and oxygen atoms in total. The van der Waals surface area contributed by atoms with Gasteiger partial charge in [0.15, 0.2) is 11.5 Å². The van der Waals surface area contributed by atoms with Gasteiger partial charge in [-0.2, -0.15) is 0 Å². The van der Waals surface area contributed by atoms with Gasteiger partial charge in [-0.05, 0) is 32.0 Å². The van der Waals surface area contributed by atoms with E-state index in [0.717, 1.165) is 17.7 Å². The summed E-state index contributed by atoms with van der Waals surface area (Å²) >= 11 is 5.03. The first-order valence-electron chi connectivity index (χ1n) is 6.70. The van der Waals surface area contributed by atoms with E-state index in [1.54, 1.807) is 18.3 Å². The van der Waals surface area contributed by atoms with Gasteiger partial charge < -0.3 is 15.2 Å². The fourth-order valence-electron chi connectivity index (χ4n) is 2.43. The number of thiocarbonyl (C=S) groups is 1. The second kappa shape index (κ2) is 5.00. The lowest BCUT2D eigenvalue weighted by Gasteiger charge is -2.18. The Balaban J connectivity index is 1.98. The van der Waals surface area contributed by atoms with E-state index in [0.29, 0.717) is 17.2 Å². The van der Waals surface area contributed by atoms with Crippen molar-refractivity contribution in [1.82, 2.24) is 4.98 Å². The summed E-state index contributed by atoms with van der Waals surface area (Å²) in [4.78, 5) is 4.47. The first-order chi connectivity index (χ1) is 9.96. The molecule has 0 spiro atoms. The summed E-state index contributed by atoms with van der Waals surface area (Å²) in [5.74, 6) is 1.79. The molecule has 2 aromatic rings. The molecular formula is C16H16N2O2S. The zero-order valence-electron chi connectivity index (χ0n) is 11.9. The van der Waals surface area contributed by atoms with Crippen molar-refractivity contribution in [3.05, 3.63) is 47.7 Å². The molecular weight excluding hydrogens is 284 g/mol. The molecule has 1 aromatic heterocycles. The summed E-state index contributed by atoms with van der Waals surface area (Å²) in [6.45, 7) is 4.11. The lowest BCUT2D eigenvalue weighted by molar-refractivity contribution is 0.135. The second-order valence-electron chi connectivity index (χ2n) is 5.61. The molecule has 2 N–H and O–H groups in total. The summed E-state index contributed by atoms with van der Waals surface area (Å²) in [5, 5.41) is 0. The normalized spacial score (nSPS) is 15.1. The van der Waals surface area contributed by atoms with Crippen molar-refractivity contribution in [1.29, 1.82) is 0 Å². The molecule has 0 radical (unpaired) electrons. The minimum atomic E-state index is -0.224. The van der Waals surface area contributed by atoms with E-state index in [2.05, 4.69) is 18.8 Å². The highest BCUT2D eigenvalue weighted by atomic mass is 32.1. The largest absolute Gasteiger partial charge is 0.483 e. The highest BCUT2D eigenvalue weighted by Crippen LogP contribution is 2.43. The molecule has 108 valence electrons. The molecule has 1 aliphatic rings. The van der Waals surface area contributed by atoms with Crippen LogP contribution in [-0.2, 0) is 6.42 Å². The van der Waals surface area contributed by atoms with E-state index >= 15 is 0 Å². The number of rotatable bonds is 3. The van der Waals surface area contributed by atoms with E-state index in [9.17, 15) is 0 Å². The number of hydrogen-bond donors (Lipinski definition) is 1. The Morgan fingerprint density at radius 2 is 2.14 bits per heavy atom. The van der Waals surface area contributed by atoms with Gasteiger partial charge in [-0.3, -0.25) is 0 Å². The fourth-order valence-corrected chi connectivity index (χ4v) is 2.59. The van der Waals surface area contributed by atoms with E-state index in [4.69, 9.17) is 27.4 Å². The minimum absolute atomic E-state index is 0.224. The third-order valence-corrected chi connectivity index (χ3v) is 3.52. The summed E-state index contributed by atoms with van der Waals surface area (Å²) < 4.78 is 11.9. The van der Waals surface area contributed by atoms with Crippen molar-refractivity contribution in [3.8, 4) is 17.4 Å². The monoisotopic (exact) mass is 300 g/mol. The van der Waals surface area contributed by atoms with Gasteiger partial charge in [0.1, 0.15) is 10.6 Å². The molecule has 0 amide bonds. The van der Waals surface area contributed by atoms with Crippen molar-refractivity contribution in [3.63, 3.8) is 0 Å². The number of nitrogens with two attached hydrogens (primary N) is 1. The molecule has 0 saturated heterocycles. The smallest absolute Gasteiger partial charge is 0.229 e. The maximum Gasteiger partial charge on any atom is 0.229 e. The summed E-state index contributed by atoms with van der Waals surface area (Å²) in [5.41, 5.74) is 7.22. The van der Waals surface area contributed by atoms with Gasteiger partial charge in [-0.25, -0.2) is 4.98 Å². The second-order valence-corrected chi connectivity index (χ2v) is 6.05. The van der Waals surface area contributed by atoms with Crippen LogP contribution in [0, 0.1) is 0 Å². The Hall–Kier alpha value is -2.14. The number of pyridine rings is 1. The van der Waals surface area contributed by atoms with Crippen LogP contribution in [0.25, 0.3) is 0 Å². The van der Waals surface area contributed by atoms with Gasteiger partial charge in [-0.1, -0.05) is 24.4 Å². The predicted octanol–water partition coefficient (Wildman–Crippen LogP) is 3.22. The molecule has 1 aliphatic heterocycles. The van der Waals surface area contributed by atoms with Crippen LogP contribution in [0.3, 0.4) is 0 Å². The van der Waals surface area contributed by atoms with Crippen LogP contribution in [-0.4, -0.2) is 15.6 Å². The maximum atomic E-state index is 5.98.